The van der Waals surface area contributed by atoms with E-state index in [-0.39, 0.29) is 5.04 Å². The molecule has 0 fully saturated rings. The summed E-state index contributed by atoms with van der Waals surface area (Å²) in [5.74, 6) is 0.552. The molecule has 0 atom stereocenters. The highest BCUT2D eigenvalue weighted by Gasteiger charge is 2.37. The van der Waals surface area contributed by atoms with Crippen molar-refractivity contribution in [1.29, 1.82) is 0 Å². The fraction of sp³-hybridized carbons (Fsp3) is 0.583. The van der Waals surface area contributed by atoms with Gasteiger partial charge in [-0.05, 0) is 30.3 Å². The zero-order valence-corrected chi connectivity index (χ0v) is 11.9. The summed E-state index contributed by atoms with van der Waals surface area (Å²) in [4.78, 5) is 4.23. The van der Waals surface area contributed by atoms with E-state index in [1.54, 1.807) is 6.07 Å². The number of rotatable bonds is 3. The highest BCUT2D eigenvalue weighted by molar-refractivity contribution is 6.74. The largest absolute Gasteiger partial charge is 0.411 e. The van der Waals surface area contributed by atoms with Crippen molar-refractivity contribution in [3.63, 3.8) is 0 Å². The maximum absolute atomic E-state index is 6.06. The van der Waals surface area contributed by atoms with Gasteiger partial charge >= 0.3 is 0 Å². The Hall–Kier alpha value is -0.873. The van der Waals surface area contributed by atoms with Crippen LogP contribution < -0.4 is 5.73 Å². The molecule has 4 heteroatoms. The number of hydrogen-bond acceptors (Lipinski definition) is 3. The molecule has 0 aliphatic heterocycles. The van der Waals surface area contributed by atoms with Gasteiger partial charge in [-0.2, -0.15) is 0 Å². The van der Waals surface area contributed by atoms with Gasteiger partial charge < -0.3 is 10.2 Å². The molecule has 0 bridgehead atoms. The summed E-state index contributed by atoms with van der Waals surface area (Å²) in [5, 5.41) is 0.229. The van der Waals surface area contributed by atoms with Gasteiger partial charge in [-0.3, -0.25) is 0 Å². The summed E-state index contributed by atoms with van der Waals surface area (Å²) in [6.45, 7) is 11.7. The standard InChI is InChI=1S/C12H22N2OSi/c1-12(2,3)16(4,5)15-9-10-7-6-8-11(13)14-10/h6-8H,9H2,1-5H3,(H2,13,14). The van der Waals surface area contributed by atoms with E-state index in [1.165, 1.54) is 0 Å². The van der Waals surface area contributed by atoms with E-state index in [4.69, 9.17) is 10.2 Å². The van der Waals surface area contributed by atoms with Crippen LogP contribution >= 0.6 is 0 Å². The van der Waals surface area contributed by atoms with Crippen molar-refractivity contribution >= 4 is 14.1 Å². The Morgan fingerprint density at radius 1 is 1.31 bits per heavy atom. The highest BCUT2D eigenvalue weighted by atomic mass is 28.4. The second kappa shape index (κ2) is 4.55. The van der Waals surface area contributed by atoms with E-state index in [1.807, 2.05) is 12.1 Å². The first-order chi connectivity index (χ1) is 7.22. The summed E-state index contributed by atoms with van der Waals surface area (Å²) in [5.41, 5.74) is 6.54. The van der Waals surface area contributed by atoms with Crippen molar-refractivity contribution in [3.05, 3.63) is 23.9 Å². The number of aromatic nitrogens is 1. The molecule has 1 heterocycles. The lowest BCUT2D eigenvalue weighted by Crippen LogP contribution is -2.40. The minimum absolute atomic E-state index is 0.229. The van der Waals surface area contributed by atoms with E-state index < -0.39 is 8.32 Å². The Labute approximate surface area is 99.2 Å². The third kappa shape index (κ3) is 3.32. The number of nitrogen functional groups attached to an aromatic ring is 1. The van der Waals surface area contributed by atoms with Gasteiger partial charge in [0.15, 0.2) is 8.32 Å². The minimum Gasteiger partial charge on any atom is -0.411 e. The predicted molar refractivity (Wildman–Crippen MR) is 70.6 cm³/mol. The molecule has 3 nitrogen and oxygen atoms in total. The second-order valence-electron chi connectivity index (χ2n) is 5.60. The van der Waals surface area contributed by atoms with Crippen LogP contribution in [0.5, 0.6) is 0 Å². The van der Waals surface area contributed by atoms with Crippen LogP contribution in [0.15, 0.2) is 18.2 Å². The van der Waals surface area contributed by atoms with Crippen molar-refractivity contribution in [2.24, 2.45) is 0 Å². The van der Waals surface area contributed by atoms with Crippen LogP contribution in [0.2, 0.25) is 18.1 Å². The number of anilines is 1. The molecule has 1 aromatic rings. The van der Waals surface area contributed by atoms with Crippen molar-refractivity contribution < 1.29 is 4.43 Å². The van der Waals surface area contributed by atoms with Crippen molar-refractivity contribution in [1.82, 2.24) is 4.98 Å². The molecule has 0 aliphatic rings. The van der Waals surface area contributed by atoms with E-state index in [0.29, 0.717) is 12.4 Å². The van der Waals surface area contributed by atoms with Gasteiger partial charge in [0.1, 0.15) is 5.82 Å². The van der Waals surface area contributed by atoms with Crippen LogP contribution in [-0.2, 0) is 11.0 Å². The topological polar surface area (TPSA) is 48.1 Å². The summed E-state index contributed by atoms with van der Waals surface area (Å²) in [7, 11) is -1.69. The molecular formula is C12H22N2OSi. The average Bonchev–Trinajstić information content (AvgIpc) is 2.13. The molecular weight excluding hydrogens is 216 g/mol. The molecule has 0 radical (unpaired) electrons. The summed E-state index contributed by atoms with van der Waals surface area (Å²) < 4.78 is 6.06. The molecule has 0 unspecified atom stereocenters. The molecule has 2 N–H and O–H groups in total. The molecule has 1 aromatic heterocycles. The first-order valence-electron chi connectivity index (χ1n) is 5.58. The molecule has 0 spiro atoms. The Kier molecular flexibility index (Phi) is 3.75. The molecule has 90 valence electrons. The van der Waals surface area contributed by atoms with Gasteiger partial charge in [-0.1, -0.05) is 26.8 Å². The quantitative estimate of drug-likeness (QED) is 0.823. The molecule has 0 aliphatic carbocycles. The Morgan fingerprint density at radius 3 is 2.44 bits per heavy atom. The lowest BCUT2D eigenvalue weighted by molar-refractivity contribution is 0.272. The summed E-state index contributed by atoms with van der Waals surface area (Å²) >= 11 is 0. The second-order valence-corrected chi connectivity index (χ2v) is 10.4. The van der Waals surface area contributed by atoms with Crippen LogP contribution in [0.4, 0.5) is 5.82 Å². The number of nitrogens with two attached hydrogens (primary N) is 1. The summed E-state index contributed by atoms with van der Waals surface area (Å²) in [6.07, 6.45) is 0. The van der Waals surface area contributed by atoms with Gasteiger partial charge in [0.2, 0.25) is 0 Å². The zero-order valence-electron chi connectivity index (χ0n) is 10.9. The third-order valence-corrected chi connectivity index (χ3v) is 7.69. The normalized spacial score (nSPS) is 12.8. The Bertz CT molecular complexity index is 358. The van der Waals surface area contributed by atoms with E-state index in [0.717, 1.165) is 5.69 Å². The van der Waals surface area contributed by atoms with Crippen LogP contribution in [0.25, 0.3) is 0 Å². The van der Waals surface area contributed by atoms with E-state index in [9.17, 15) is 0 Å². The molecule has 16 heavy (non-hydrogen) atoms. The number of pyridine rings is 1. The molecule has 0 saturated heterocycles. The monoisotopic (exact) mass is 238 g/mol. The van der Waals surface area contributed by atoms with Crippen molar-refractivity contribution in [3.8, 4) is 0 Å². The average molecular weight is 238 g/mol. The first kappa shape index (κ1) is 13.2. The Balaban J connectivity index is 2.65. The molecule has 0 amide bonds. The van der Waals surface area contributed by atoms with Gasteiger partial charge in [0.05, 0.1) is 12.3 Å². The maximum Gasteiger partial charge on any atom is 0.192 e. The van der Waals surface area contributed by atoms with Crippen molar-refractivity contribution in [2.45, 2.75) is 45.5 Å². The van der Waals surface area contributed by atoms with Gasteiger partial charge in [-0.15, -0.1) is 0 Å². The SMILES string of the molecule is CC(C)(C)[Si](C)(C)OCc1cccc(N)n1. The lowest BCUT2D eigenvalue weighted by atomic mass is 10.2. The summed E-state index contributed by atoms with van der Waals surface area (Å²) in [6, 6.07) is 5.64. The third-order valence-electron chi connectivity index (χ3n) is 3.22. The van der Waals surface area contributed by atoms with Crippen molar-refractivity contribution in [2.75, 3.05) is 5.73 Å². The van der Waals surface area contributed by atoms with Crippen LogP contribution in [-0.4, -0.2) is 13.3 Å². The maximum atomic E-state index is 6.06. The molecule has 1 rings (SSSR count). The molecule has 0 aromatic carbocycles. The molecule has 0 saturated carbocycles. The zero-order chi connectivity index (χ0) is 12.4. The fourth-order valence-corrected chi connectivity index (χ4v) is 1.99. The van der Waals surface area contributed by atoms with Crippen LogP contribution in [0.1, 0.15) is 26.5 Å². The number of hydrogen-bond donors (Lipinski definition) is 1. The first-order valence-corrected chi connectivity index (χ1v) is 8.48. The smallest absolute Gasteiger partial charge is 0.192 e. The van der Waals surface area contributed by atoms with Gasteiger partial charge in [0, 0.05) is 0 Å². The van der Waals surface area contributed by atoms with E-state index >= 15 is 0 Å². The van der Waals surface area contributed by atoms with Crippen LogP contribution in [0, 0.1) is 0 Å². The fourth-order valence-electron chi connectivity index (χ4n) is 1.05. The number of nitrogens with zero attached hydrogens (tertiary/aromatic N) is 1. The predicted octanol–water partition coefficient (Wildman–Crippen LogP) is 3.19. The lowest BCUT2D eigenvalue weighted by Gasteiger charge is -2.36. The highest BCUT2D eigenvalue weighted by Crippen LogP contribution is 2.36. The van der Waals surface area contributed by atoms with Gasteiger partial charge in [0.25, 0.3) is 0 Å². The van der Waals surface area contributed by atoms with Crippen LogP contribution in [0.3, 0.4) is 0 Å². The Morgan fingerprint density at radius 2 is 1.94 bits per heavy atom. The van der Waals surface area contributed by atoms with E-state index in [2.05, 4.69) is 38.8 Å². The van der Waals surface area contributed by atoms with Gasteiger partial charge in [-0.25, -0.2) is 4.98 Å². The minimum atomic E-state index is -1.69.